The molecular formula is C16H21N3. The van der Waals surface area contributed by atoms with Crippen molar-refractivity contribution in [2.45, 2.75) is 13.3 Å². The second kappa shape index (κ2) is 5.17. The van der Waals surface area contributed by atoms with E-state index in [1.807, 2.05) is 0 Å². The van der Waals surface area contributed by atoms with Crippen LogP contribution in [0.1, 0.15) is 12.6 Å². The number of fused-ring (bicyclic) bond motifs is 1. The van der Waals surface area contributed by atoms with Crippen LogP contribution in [-0.2, 0) is 6.42 Å². The molecule has 0 N–H and O–H groups in total. The first-order chi connectivity index (χ1) is 9.28. The quantitative estimate of drug-likeness (QED) is 0.822. The van der Waals surface area contributed by atoms with E-state index in [0.29, 0.717) is 0 Å². The molecule has 1 aliphatic rings. The summed E-state index contributed by atoms with van der Waals surface area (Å²) in [5.74, 6) is 1.17. The molecule has 100 valence electrons. The van der Waals surface area contributed by atoms with Crippen molar-refractivity contribution in [3.63, 3.8) is 0 Å². The van der Waals surface area contributed by atoms with E-state index in [4.69, 9.17) is 4.98 Å². The molecule has 19 heavy (non-hydrogen) atoms. The van der Waals surface area contributed by atoms with Crippen molar-refractivity contribution in [2.75, 3.05) is 38.1 Å². The van der Waals surface area contributed by atoms with Crippen LogP contribution in [-0.4, -0.2) is 43.1 Å². The summed E-state index contributed by atoms with van der Waals surface area (Å²) in [6.45, 7) is 6.55. The lowest BCUT2D eigenvalue weighted by Crippen LogP contribution is -2.45. The minimum atomic E-state index is 0.992. The molecule has 0 radical (unpaired) electrons. The van der Waals surface area contributed by atoms with Crippen LogP contribution >= 0.6 is 0 Å². The van der Waals surface area contributed by atoms with Crippen molar-refractivity contribution in [3.05, 3.63) is 36.0 Å². The Labute approximate surface area is 114 Å². The Morgan fingerprint density at radius 2 is 1.84 bits per heavy atom. The van der Waals surface area contributed by atoms with Crippen LogP contribution in [0.25, 0.3) is 10.8 Å². The lowest BCUT2D eigenvalue weighted by atomic mass is 10.1. The molecule has 1 aromatic heterocycles. The molecule has 2 aromatic rings. The van der Waals surface area contributed by atoms with Crippen molar-refractivity contribution >= 4 is 16.6 Å². The number of rotatable bonds is 2. The Bertz CT molecular complexity index is 571. The first-order valence-electron chi connectivity index (χ1n) is 7.10. The van der Waals surface area contributed by atoms with Crippen molar-refractivity contribution < 1.29 is 0 Å². The Morgan fingerprint density at radius 1 is 1.11 bits per heavy atom. The largest absolute Gasteiger partial charge is 0.354 e. The number of pyridine rings is 1. The number of anilines is 1. The summed E-state index contributed by atoms with van der Waals surface area (Å²) in [6, 6.07) is 10.8. The Hall–Kier alpha value is -1.61. The number of aromatic nitrogens is 1. The lowest BCUT2D eigenvalue weighted by molar-refractivity contribution is 0.312. The second-order valence-corrected chi connectivity index (χ2v) is 5.30. The van der Waals surface area contributed by atoms with Crippen LogP contribution in [0.3, 0.4) is 0 Å². The van der Waals surface area contributed by atoms with E-state index >= 15 is 0 Å². The summed E-state index contributed by atoms with van der Waals surface area (Å²) >= 11 is 0. The smallest absolute Gasteiger partial charge is 0.136 e. The van der Waals surface area contributed by atoms with Crippen molar-refractivity contribution in [2.24, 2.45) is 0 Å². The third-order valence-electron chi connectivity index (χ3n) is 3.94. The molecule has 0 aliphatic carbocycles. The summed E-state index contributed by atoms with van der Waals surface area (Å²) in [4.78, 5) is 9.68. The van der Waals surface area contributed by atoms with Gasteiger partial charge >= 0.3 is 0 Å². The van der Waals surface area contributed by atoms with Crippen molar-refractivity contribution in [3.8, 4) is 0 Å². The first kappa shape index (κ1) is 12.4. The standard InChI is InChI=1S/C16H21N3/c1-3-14-12-13-6-4-5-7-15(13)16(17-14)19-10-8-18(2)9-11-19/h4-7,12H,3,8-11H2,1-2H3. The molecule has 3 heteroatoms. The maximum Gasteiger partial charge on any atom is 0.136 e. The molecule has 0 saturated carbocycles. The number of hydrogen-bond donors (Lipinski definition) is 0. The monoisotopic (exact) mass is 255 g/mol. The van der Waals surface area contributed by atoms with Gasteiger partial charge in [0.05, 0.1) is 0 Å². The highest BCUT2D eigenvalue weighted by Crippen LogP contribution is 2.26. The normalized spacial score (nSPS) is 17.1. The topological polar surface area (TPSA) is 19.4 Å². The van der Waals surface area contributed by atoms with E-state index in [2.05, 4.69) is 54.1 Å². The zero-order valence-corrected chi connectivity index (χ0v) is 11.8. The molecule has 0 atom stereocenters. The van der Waals surface area contributed by atoms with Gasteiger partial charge in [-0.05, 0) is 24.9 Å². The minimum absolute atomic E-state index is 0.992. The van der Waals surface area contributed by atoms with Crippen LogP contribution < -0.4 is 4.90 Å². The Kier molecular flexibility index (Phi) is 3.38. The summed E-state index contributed by atoms with van der Waals surface area (Å²) in [5, 5.41) is 2.59. The van der Waals surface area contributed by atoms with Gasteiger partial charge in [0.25, 0.3) is 0 Å². The van der Waals surface area contributed by atoms with Crippen LogP contribution in [0.5, 0.6) is 0 Å². The van der Waals surface area contributed by atoms with Gasteiger partial charge in [0.2, 0.25) is 0 Å². The third kappa shape index (κ3) is 2.43. The molecule has 1 fully saturated rings. The fraction of sp³-hybridized carbons (Fsp3) is 0.438. The molecule has 1 aromatic carbocycles. The van der Waals surface area contributed by atoms with E-state index in [-0.39, 0.29) is 0 Å². The summed E-state index contributed by atoms with van der Waals surface area (Å²) < 4.78 is 0. The molecule has 0 spiro atoms. The maximum absolute atomic E-state index is 4.88. The highest BCUT2D eigenvalue weighted by molar-refractivity contribution is 5.92. The number of nitrogens with zero attached hydrogens (tertiary/aromatic N) is 3. The van der Waals surface area contributed by atoms with Gasteiger partial charge in [-0.25, -0.2) is 4.98 Å². The van der Waals surface area contributed by atoms with Gasteiger partial charge in [0.1, 0.15) is 5.82 Å². The minimum Gasteiger partial charge on any atom is -0.354 e. The van der Waals surface area contributed by atoms with Gasteiger partial charge in [-0.15, -0.1) is 0 Å². The number of piperazine rings is 1. The highest BCUT2D eigenvalue weighted by atomic mass is 15.3. The van der Waals surface area contributed by atoms with Crippen LogP contribution in [0.4, 0.5) is 5.82 Å². The van der Waals surface area contributed by atoms with Gasteiger partial charge in [0, 0.05) is 37.3 Å². The second-order valence-electron chi connectivity index (χ2n) is 5.30. The first-order valence-corrected chi connectivity index (χ1v) is 7.10. The van der Waals surface area contributed by atoms with E-state index in [1.54, 1.807) is 0 Å². The number of benzene rings is 1. The van der Waals surface area contributed by atoms with E-state index in [9.17, 15) is 0 Å². The predicted molar refractivity (Wildman–Crippen MR) is 80.8 cm³/mol. The maximum atomic E-state index is 4.88. The lowest BCUT2D eigenvalue weighted by Gasteiger charge is -2.34. The molecule has 0 amide bonds. The highest BCUT2D eigenvalue weighted by Gasteiger charge is 2.17. The summed E-state index contributed by atoms with van der Waals surface area (Å²) in [6.07, 6.45) is 0.992. The SMILES string of the molecule is CCc1cc2ccccc2c(N2CCN(C)CC2)n1. The fourth-order valence-corrected chi connectivity index (χ4v) is 2.67. The molecule has 1 saturated heterocycles. The van der Waals surface area contributed by atoms with Crippen LogP contribution in [0.2, 0.25) is 0 Å². The molecule has 2 heterocycles. The van der Waals surface area contributed by atoms with Gasteiger partial charge in [-0.3, -0.25) is 0 Å². The summed E-state index contributed by atoms with van der Waals surface area (Å²) in [7, 11) is 2.19. The van der Waals surface area contributed by atoms with Crippen LogP contribution in [0, 0.1) is 0 Å². The predicted octanol–water partition coefficient (Wildman–Crippen LogP) is 2.55. The molecule has 1 aliphatic heterocycles. The number of likely N-dealkylation sites (N-methyl/N-ethyl adjacent to an activating group) is 1. The molecule has 3 rings (SSSR count). The van der Waals surface area contributed by atoms with Crippen LogP contribution in [0.15, 0.2) is 30.3 Å². The van der Waals surface area contributed by atoms with Gasteiger partial charge < -0.3 is 9.80 Å². The van der Waals surface area contributed by atoms with E-state index in [0.717, 1.165) is 32.6 Å². The zero-order valence-electron chi connectivity index (χ0n) is 11.8. The molecule has 3 nitrogen and oxygen atoms in total. The van der Waals surface area contributed by atoms with Gasteiger partial charge in [-0.2, -0.15) is 0 Å². The number of hydrogen-bond acceptors (Lipinski definition) is 3. The van der Waals surface area contributed by atoms with Gasteiger partial charge in [0.15, 0.2) is 0 Å². The molecule has 0 bridgehead atoms. The Morgan fingerprint density at radius 3 is 2.58 bits per heavy atom. The zero-order chi connectivity index (χ0) is 13.2. The molecule has 0 unspecified atom stereocenters. The molecular weight excluding hydrogens is 234 g/mol. The number of aryl methyl sites for hydroxylation is 1. The van der Waals surface area contributed by atoms with Crippen molar-refractivity contribution in [1.82, 2.24) is 9.88 Å². The van der Waals surface area contributed by atoms with E-state index < -0.39 is 0 Å². The van der Waals surface area contributed by atoms with Gasteiger partial charge in [-0.1, -0.05) is 31.2 Å². The third-order valence-corrected chi connectivity index (χ3v) is 3.94. The average Bonchev–Trinajstić information content (AvgIpc) is 2.47. The van der Waals surface area contributed by atoms with E-state index in [1.165, 1.54) is 22.3 Å². The summed E-state index contributed by atoms with van der Waals surface area (Å²) in [5.41, 5.74) is 1.19. The van der Waals surface area contributed by atoms with Crippen molar-refractivity contribution in [1.29, 1.82) is 0 Å². The average molecular weight is 255 g/mol. The Balaban J connectivity index is 2.05. The fourth-order valence-electron chi connectivity index (χ4n) is 2.67.